The topological polar surface area (TPSA) is 60.7 Å². The van der Waals surface area contributed by atoms with Crippen molar-refractivity contribution in [1.29, 1.82) is 0 Å². The van der Waals surface area contributed by atoms with Gasteiger partial charge in [-0.3, -0.25) is 4.79 Å². The molecule has 0 aliphatic carbocycles. The molecule has 21 heavy (non-hydrogen) atoms. The van der Waals surface area contributed by atoms with E-state index in [0.29, 0.717) is 16.4 Å². The van der Waals surface area contributed by atoms with Crippen molar-refractivity contribution >= 4 is 17.4 Å². The third-order valence-corrected chi connectivity index (χ3v) is 3.15. The molecule has 0 aliphatic heterocycles. The average molecular weight is 299 g/mol. The summed E-state index contributed by atoms with van der Waals surface area (Å²) >= 11 is 5.93. The normalized spacial score (nSPS) is 10.5. The summed E-state index contributed by atoms with van der Waals surface area (Å²) < 4.78 is 0. The van der Waals surface area contributed by atoms with Gasteiger partial charge in [0.2, 0.25) is 5.82 Å². The maximum atomic E-state index is 12.1. The molecule has 0 fully saturated rings. The van der Waals surface area contributed by atoms with Crippen molar-refractivity contribution in [3.05, 3.63) is 65.2 Å². The molecule has 5 nitrogen and oxygen atoms in total. The van der Waals surface area contributed by atoms with E-state index < -0.39 is 0 Å². The fourth-order valence-electron chi connectivity index (χ4n) is 1.90. The van der Waals surface area contributed by atoms with Gasteiger partial charge >= 0.3 is 0 Å². The molecule has 1 aromatic heterocycles. The van der Waals surface area contributed by atoms with Crippen molar-refractivity contribution in [3.8, 4) is 11.4 Å². The van der Waals surface area contributed by atoms with Gasteiger partial charge < -0.3 is 0 Å². The molecule has 0 bridgehead atoms. The number of hydrogen-bond acceptors (Lipinski definition) is 4. The van der Waals surface area contributed by atoms with Gasteiger partial charge in [-0.1, -0.05) is 54.1 Å². The smallest absolute Gasteiger partial charge is 0.204 e. The molecule has 6 heteroatoms. The number of carbonyl (C=O) groups excluding carboxylic acids is 1. The molecule has 104 valence electrons. The van der Waals surface area contributed by atoms with Gasteiger partial charge in [0, 0.05) is 16.1 Å². The van der Waals surface area contributed by atoms with Gasteiger partial charge in [-0.25, -0.2) is 0 Å². The van der Waals surface area contributed by atoms with E-state index in [2.05, 4.69) is 15.4 Å². The minimum absolute atomic E-state index is 0.0532. The van der Waals surface area contributed by atoms with Crippen LogP contribution in [-0.2, 0) is 6.54 Å². The summed E-state index contributed by atoms with van der Waals surface area (Å²) in [5.41, 5.74) is 1.39. The molecule has 3 aromatic rings. The first-order valence-corrected chi connectivity index (χ1v) is 6.72. The fraction of sp³-hybridized carbons (Fsp3) is 0.0667. The third kappa shape index (κ3) is 3.14. The van der Waals surface area contributed by atoms with Crippen molar-refractivity contribution in [2.45, 2.75) is 6.54 Å². The number of carbonyl (C=O) groups is 1. The summed E-state index contributed by atoms with van der Waals surface area (Å²) in [6.07, 6.45) is 0. The minimum Gasteiger partial charge on any atom is -0.292 e. The number of Topliss-reactive ketones (excluding diaryl/α,β-unsaturated/α-hetero) is 1. The largest absolute Gasteiger partial charge is 0.292 e. The standard InChI is InChI=1S/C15H11ClN4O/c16-13-8-4-7-12(9-13)15-17-19-20(18-15)10-14(21)11-5-2-1-3-6-11/h1-9H,10H2. The maximum absolute atomic E-state index is 12.1. The van der Waals surface area contributed by atoms with E-state index in [1.165, 1.54) is 4.80 Å². The van der Waals surface area contributed by atoms with Crippen LogP contribution in [0.2, 0.25) is 5.02 Å². The summed E-state index contributed by atoms with van der Waals surface area (Å²) in [5.74, 6) is 0.379. The number of hydrogen-bond donors (Lipinski definition) is 0. The number of nitrogens with zero attached hydrogens (tertiary/aromatic N) is 4. The first-order chi connectivity index (χ1) is 10.2. The van der Waals surface area contributed by atoms with Crippen molar-refractivity contribution in [2.75, 3.05) is 0 Å². The van der Waals surface area contributed by atoms with Crippen LogP contribution in [0.3, 0.4) is 0 Å². The van der Waals surface area contributed by atoms with Gasteiger partial charge in [-0.2, -0.15) is 4.80 Å². The second-order valence-corrected chi connectivity index (χ2v) is 4.88. The van der Waals surface area contributed by atoms with Gasteiger partial charge in [0.1, 0.15) is 6.54 Å². The predicted octanol–water partition coefficient (Wildman–Crippen LogP) is 2.88. The minimum atomic E-state index is -0.0642. The third-order valence-electron chi connectivity index (χ3n) is 2.92. The van der Waals surface area contributed by atoms with Crippen LogP contribution in [0.5, 0.6) is 0 Å². The summed E-state index contributed by atoms with van der Waals surface area (Å²) in [7, 11) is 0. The average Bonchev–Trinajstić information content (AvgIpc) is 2.97. The van der Waals surface area contributed by atoms with E-state index in [-0.39, 0.29) is 12.3 Å². The van der Waals surface area contributed by atoms with Crippen LogP contribution in [0.25, 0.3) is 11.4 Å². The maximum Gasteiger partial charge on any atom is 0.204 e. The molecular formula is C15H11ClN4O. The van der Waals surface area contributed by atoms with Crippen molar-refractivity contribution < 1.29 is 4.79 Å². The van der Waals surface area contributed by atoms with Crippen molar-refractivity contribution in [2.24, 2.45) is 0 Å². The monoisotopic (exact) mass is 298 g/mol. The Morgan fingerprint density at radius 3 is 2.67 bits per heavy atom. The van der Waals surface area contributed by atoms with Crippen LogP contribution in [0, 0.1) is 0 Å². The van der Waals surface area contributed by atoms with Crippen molar-refractivity contribution in [1.82, 2.24) is 20.2 Å². The zero-order valence-corrected chi connectivity index (χ0v) is 11.7. The summed E-state index contributed by atoms with van der Waals surface area (Å²) in [6.45, 7) is 0.0532. The highest BCUT2D eigenvalue weighted by molar-refractivity contribution is 6.30. The lowest BCUT2D eigenvalue weighted by molar-refractivity contribution is 0.0961. The van der Waals surface area contributed by atoms with E-state index in [9.17, 15) is 4.79 Å². The second kappa shape index (κ2) is 5.85. The first-order valence-electron chi connectivity index (χ1n) is 6.34. The molecular weight excluding hydrogens is 288 g/mol. The Labute approximate surface area is 126 Å². The molecule has 0 spiro atoms. The van der Waals surface area contributed by atoms with Gasteiger partial charge in [0.15, 0.2) is 5.78 Å². The molecule has 0 radical (unpaired) electrons. The summed E-state index contributed by atoms with van der Waals surface area (Å²) in [6, 6.07) is 16.2. The number of rotatable bonds is 4. The number of aromatic nitrogens is 4. The van der Waals surface area contributed by atoms with E-state index in [1.54, 1.807) is 24.3 Å². The van der Waals surface area contributed by atoms with Crippen LogP contribution in [0.1, 0.15) is 10.4 Å². The Morgan fingerprint density at radius 1 is 1.10 bits per heavy atom. The second-order valence-electron chi connectivity index (χ2n) is 4.44. The molecule has 0 unspecified atom stereocenters. The Morgan fingerprint density at radius 2 is 1.90 bits per heavy atom. The Hall–Kier alpha value is -2.53. The lowest BCUT2D eigenvalue weighted by atomic mass is 10.1. The van der Waals surface area contributed by atoms with Gasteiger partial charge in [-0.15, -0.1) is 10.2 Å². The molecule has 3 rings (SSSR count). The van der Waals surface area contributed by atoms with Crippen LogP contribution in [0.15, 0.2) is 54.6 Å². The molecule has 2 aromatic carbocycles. The number of halogens is 1. The van der Waals surface area contributed by atoms with E-state index in [0.717, 1.165) is 5.56 Å². The van der Waals surface area contributed by atoms with Crippen LogP contribution in [-0.4, -0.2) is 26.0 Å². The van der Waals surface area contributed by atoms with Gasteiger partial charge in [0.05, 0.1) is 0 Å². The molecule has 0 amide bonds. The van der Waals surface area contributed by atoms with Crippen LogP contribution in [0.4, 0.5) is 0 Å². The number of ketones is 1. The number of tetrazole rings is 1. The summed E-state index contributed by atoms with van der Waals surface area (Å²) in [5, 5.41) is 12.6. The highest BCUT2D eigenvalue weighted by Gasteiger charge is 2.10. The van der Waals surface area contributed by atoms with Crippen molar-refractivity contribution in [3.63, 3.8) is 0 Å². The predicted molar refractivity (Wildman–Crippen MR) is 79.0 cm³/mol. The lowest BCUT2D eigenvalue weighted by Gasteiger charge is -1.99. The Kier molecular flexibility index (Phi) is 3.75. The Balaban J connectivity index is 1.78. The summed E-state index contributed by atoms with van der Waals surface area (Å²) in [4.78, 5) is 13.3. The lowest BCUT2D eigenvalue weighted by Crippen LogP contribution is -2.13. The number of benzene rings is 2. The van der Waals surface area contributed by atoms with E-state index in [1.807, 2.05) is 30.3 Å². The zero-order chi connectivity index (χ0) is 14.7. The van der Waals surface area contributed by atoms with Crippen LogP contribution >= 0.6 is 11.6 Å². The van der Waals surface area contributed by atoms with E-state index in [4.69, 9.17) is 11.6 Å². The van der Waals surface area contributed by atoms with Gasteiger partial charge in [-0.05, 0) is 17.3 Å². The Bertz CT molecular complexity index is 770. The highest BCUT2D eigenvalue weighted by Crippen LogP contribution is 2.18. The molecule has 0 saturated carbocycles. The molecule has 0 atom stereocenters. The molecule has 1 heterocycles. The van der Waals surface area contributed by atoms with Crippen LogP contribution < -0.4 is 0 Å². The SMILES string of the molecule is O=C(Cn1nnc(-c2cccc(Cl)c2)n1)c1ccccc1. The first kappa shape index (κ1) is 13.5. The van der Waals surface area contributed by atoms with E-state index >= 15 is 0 Å². The molecule has 0 saturated heterocycles. The molecule has 0 aliphatic rings. The molecule has 0 N–H and O–H groups in total. The fourth-order valence-corrected chi connectivity index (χ4v) is 2.09. The highest BCUT2D eigenvalue weighted by atomic mass is 35.5. The zero-order valence-electron chi connectivity index (χ0n) is 11.0. The van der Waals surface area contributed by atoms with Gasteiger partial charge in [0.25, 0.3) is 0 Å². The quantitative estimate of drug-likeness (QED) is 0.695.